The van der Waals surface area contributed by atoms with Crippen molar-refractivity contribution in [3.63, 3.8) is 0 Å². The third-order valence-corrected chi connectivity index (χ3v) is 0. The first-order chi connectivity index (χ1) is 6.46. The van der Waals surface area contributed by atoms with Crippen LogP contribution < -0.4 is 0 Å². The van der Waals surface area contributed by atoms with Gasteiger partial charge in [-0.05, 0) is 0 Å². The number of hydrogen-bond acceptors (Lipinski definition) is 3. The number of carbonyl (C=O) groups is 2. The van der Waals surface area contributed by atoms with Crippen LogP contribution >= 0.6 is 0 Å². The predicted molar refractivity (Wildman–Crippen MR) is 49.4 cm³/mol. The van der Waals surface area contributed by atoms with Crippen LogP contribution in [0.3, 0.4) is 0 Å². The van der Waals surface area contributed by atoms with E-state index in [9.17, 15) is 0 Å². The van der Waals surface area contributed by atoms with Gasteiger partial charge in [-0.15, -0.1) is 0 Å². The van der Waals surface area contributed by atoms with E-state index in [-0.39, 0.29) is 0 Å². The molecule has 0 aromatic rings. The number of carboxylic acid groups (broad SMARTS) is 2. The zero-order valence-electron chi connectivity index (χ0n) is 8.85. The molecule has 5 nitrogen and oxygen atoms in total. The number of rotatable bonds is 0. The van der Waals surface area contributed by atoms with Crippen molar-refractivity contribution in [3.8, 4) is 0 Å². The molecule has 0 unspecified atom stereocenters. The summed E-state index contributed by atoms with van der Waals surface area (Å²) >= 11 is 1.50. The summed E-state index contributed by atoms with van der Waals surface area (Å²) in [5.74, 6) is -1.67. The summed E-state index contributed by atoms with van der Waals surface area (Å²) in [5.41, 5.74) is 0. The fourth-order valence-corrected chi connectivity index (χ4v) is 0. The molecule has 0 fully saturated rings. The third-order valence-electron chi connectivity index (χ3n) is 0. The Morgan fingerprint density at radius 1 is 0.857 bits per heavy atom. The molecule has 0 heterocycles. The molecule has 0 aliphatic heterocycles. The quantitative estimate of drug-likeness (QED) is 0.525. The van der Waals surface area contributed by atoms with Gasteiger partial charge in [-0.1, -0.05) is 0 Å². The fraction of sp³-hybridized carbons (Fsp3) is 0.500. The van der Waals surface area contributed by atoms with E-state index >= 15 is 0 Å². The van der Waals surface area contributed by atoms with Crippen molar-refractivity contribution in [3.05, 3.63) is 13.8 Å². The van der Waals surface area contributed by atoms with Crippen LogP contribution in [0.25, 0.3) is 0 Å². The van der Waals surface area contributed by atoms with Crippen molar-refractivity contribution in [2.24, 2.45) is 0 Å². The molecule has 0 aliphatic carbocycles. The van der Waals surface area contributed by atoms with Gasteiger partial charge in [-0.3, -0.25) is 9.59 Å². The molecule has 0 amide bonds. The predicted octanol–water partition coefficient (Wildman–Crippen LogP) is 1.74. The Bertz CT molecular complexity index is 85.9. The Hall–Kier alpha value is -0.598. The number of carboxylic acids is 2. The monoisotopic (exact) mass is 300 g/mol. The summed E-state index contributed by atoms with van der Waals surface area (Å²) in [6.45, 7) is 12.2. The van der Waals surface area contributed by atoms with Crippen LogP contribution in [0.4, 0.5) is 0 Å². The Morgan fingerprint density at radius 2 is 0.857 bits per heavy atom. The van der Waals surface area contributed by atoms with E-state index in [1.165, 1.54) is 19.2 Å². The molecule has 92 valence electrons. The van der Waals surface area contributed by atoms with Gasteiger partial charge < -0.3 is 24.1 Å². The maximum absolute atomic E-state index is 9.00. The molecule has 0 spiro atoms. The summed E-state index contributed by atoms with van der Waals surface area (Å²) in [5, 5.41) is 14.8. The topological polar surface area (TPSA) is 91.7 Å². The molecule has 0 saturated carbocycles. The standard InChI is InChI=1S/2C2H4O2.2C2H5.O.Pd/c2*1-2(3)4;2*1-2;;/h2*1H3,(H,3,4);2*1H2,2H3;;/q;;2*-1;;. The van der Waals surface area contributed by atoms with E-state index in [1.54, 1.807) is 13.8 Å². The van der Waals surface area contributed by atoms with Gasteiger partial charge in [0.15, 0.2) is 0 Å². The zero-order chi connectivity index (χ0) is 13.2. The SMILES string of the molecule is CC(=O)O.CC(=O)O.[CH2-]C.[CH2-]C.[O]=[Pd]. The van der Waals surface area contributed by atoms with E-state index in [4.69, 9.17) is 23.3 Å². The van der Waals surface area contributed by atoms with Gasteiger partial charge in [0.25, 0.3) is 11.9 Å². The van der Waals surface area contributed by atoms with Crippen molar-refractivity contribution in [1.82, 2.24) is 0 Å². The fourth-order valence-electron chi connectivity index (χ4n) is 0. The zero-order valence-corrected chi connectivity index (χ0v) is 10.4. The molecule has 2 N–H and O–H groups in total. The van der Waals surface area contributed by atoms with Crippen LogP contribution in [0.15, 0.2) is 0 Å². The maximum atomic E-state index is 9.00. The minimum atomic E-state index is -0.833. The molecule has 0 bridgehead atoms. The van der Waals surface area contributed by atoms with Crippen molar-refractivity contribution in [1.29, 1.82) is 0 Å². The van der Waals surface area contributed by atoms with Crippen LogP contribution in [0.1, 0.15) is 27.7 Å². The first-order valence-electron chi connectivity index (χ1n) is 3.40. The van der Waals surface area contributed by atoms with Crippen LogP contribution in [-0.4, -0.2) is 22.2 Å². The van der Waals surface area contributed by atoms with E-state index in [1.807, 2.05) is 0 Å². The summed E-state index contributed by atoms with van der Waals surface area (Å²) in [4.78, 5) is 18.0. The molecule has 0 aromatic carbocycles. The van der Waals surface area contributed by atoms with E-state index < -0.39 is 11.9 Å². The van der Waals surface area contributed by atoms with E-state index in [0.29, 0.717) is 0 Å². The number of hydrogen-bond donors (Lipinski definition) is 2. The number of aliphatic carboxylic acids is 2. The second-order valence-electron chi connectivity index (χ2n) is 1.04. The molecule has 0 saturated heterocycles. The van der Waals surface area contributed by atoms with Crippen molar-refractivity contribution >= 4 is 11.9 Å². The Morgan fingerprint density at radius 3 is 0.857 bits per heavy atom. The van der Waals surface area contributed by atoms with Crippen molar-refractivity contribution in [2.75, 3.05) is 0 Å². The van der Waals surface area contributed by atoms with Crippen molar-refractivity contribution < 1.29 is 42.4 Å². The Labute approximate surface area is 96.2 Å². The summed E-state index contributed by atoms with van der Waals surface area (Å²) in [6.07, 6.45) is 0. The molecule has 0 radical (unpaired) electrons. The molecule has 0 rings (SSSR count). The van der Waals surface area contributed by atoms with E-state index in [2.05, 4.69) is 13.8 Å². The Balaban J connectivity index is -0.0000000255. The van der Waals surface area contributed by atoms with Crippen LogP contribution in [-0.2, 0) is 32.2 Å². The molecule has 0 aromatic heterocycles. The average Bonchev–Trinajstić information content (AvgIpc) is 2.12. The van der Waals surface area contributed by atoms with E-state index in [0.717, 1.165) is 13.8 Å². The van der Waals surface area contributed by atoms with Crippen molar-refractivity contribution in [2.45, 2.75) is 27.7 Å². The van der Waals surface area contributed by atoms with Gasteiger partial charge in [-0.2, -0.15) is 13.8 Å². The summed E-state index contributed by atoms with van der Waals surface area (Å²) in [6, 6.07) is 0. The second kappa shape index (κ2) is 55.2. The average molecular weight is 301 g/mol. The summed E-state index contributed by atoms with van der Waals surface area (Å²) < 4.78 is 8.10. The van der Waals surface area contributed by atoms with Gasteiger partial charge in [0.2, 0.25) is 0 Å². The van der Waals surface area contributed by atoms with Crippen LogP contribution in [0.2, 0.25) is 0 Å². The normalized spacial score (nSPS) is 4.86. The molecule has 14 heavy (non-hydrogen) atoms. The molecular formula is C8H18O5Pd-2. The molecule has 0 aliphatic rings. The van der Waals surface area contributed by atoms with Gasteiger partial charge in [0, 0.05) is 13.8 Å². The first kappa shape index (κ1) is 29.2. The van der Waals surface area contributed by atoms with Gasteiger partial charge in [-0.25, -0.2) is 0 Å². The van der Waals surface area contributed by atoms with Gasteiger partial charge in [0.1, 0.15) is 0 Å². The molecular weight excluding hydrogens is 283 g/mol. The second-order valence-corrected chi connectivity index (χ2v) is 1.04. The van der Waals surface area contributed by atoms with Gasteiger partial charge in [0.05, 0.1) is 0 Å². The minimum absolute atomic E-state index is 0.833. The van der Waals surface area contributed by atoms with Gasteiger partial charge >= 0.3 is 22.6 Å². The third kappa shape index (κ3) is 3450. The summed E-state index contributed by atoms with van der Waals surface area (Å²) in [7, 11) is 0. The Kier molecular flexibility index (Phi) is 115. The van der Waals surface area contributed by atoms with Crippen LogP contribution in [0.5, 0.6) is 0 Å². The first-order valence-corrected chi connectivity index (χ1v) is 4.03. The molecule has 6 heteroatoms. The van der Waals surface area contributed by atoms with Crippen LogP contribution in [0, 0.1) is 13.8 Å². The molecule has 0 atom stereocenters.